The highest BCUT2D eigenvalue weighted by Crippen LogP contribution is 2.39. The molecule has 1 fully saturated rings. The van der Waals surface area contributed by atoms with Crippen molar-refractivity contribution in [2.24, 2.45) is 5.92 Å². The van der Waals surface area contributed by atoms with E-state index in [-0.39, 0.29) is 30.2 Å². The van der Waals surface area contributed by atoms with Gasteiger partial charge in [0.05, 0.1) is 19.2 Å². The topological polar surface area (TPSA) is 145 Å². The fourth-order valence-corrected chi connectivity index (χ4v) is 6.12. The first-order chi connectivity index (χ1) is 21.6. The second-order valence-corrected chi connectivity index (χ2v) is 12.7. The highest BCUT2D eigenvalue weighted by atomic mass is 35.5. The molecule has 1 saturated heterocycles. The van der Waals surface area contributed by atoms with Crippen LogP contribution < -0.4 is 20.3 Å². The minimum Gasteiger partial charge on any atom is -0.495 e. The average molecular weight is 666 g/mol. The van der Waals surface area contributed by atoms with Crippen LogP contribution in [-0.4, -0.2) is 94.2 Å². The molecule has 2 amide bonds. The van der Waals surface area contributed by atoms with Crippen molar-refractivity contribution in [3.63, 3.8) is 0 Å². The zero-order valence-corrected chi connectivity index (χ0v) is 28.9. The summed E-state index contributed by atoms with van der Waals surface area (Å²) in [5.74, 6) is -0.974. The minimum absolute atomic E-state index is 0.00170. The van der Waals surface area contributed by atoms with E-state index in [2.05, 4.69) is 10.6 Å². The molecule has 0 spiro atoms. The van der Waals surface area contributed by atoms with E-state index in [0.29, 0.717) is 17.9 Å². The van der Waals surface area contributed by atoms with Crippen LogP contribution >= 0.6 is 11.6 Å². The summed E-state index contributed by atoms with van der Waals surface area (Å²) in [4.78, 5) is 41.2. The number of esters is 1. The van der Waals surface area contributed by atoms with Crippen molar-refractivity contribution in [3.05, 3.63) is 46.5 Å². The van der Waals surface area contributed by atoms with E-state index in [1.54, 1.807) is 46.2 Å². The van der Waals surface area contributed by atoms with Crippen molar-refractivity contribution in [2.75, 3.05) is 40.3 Å². The zero-order chi connectivity index (χ0) is 34.4. The Hall–Kier alpha value is -3.16. The van der Waals surface area contributed by atoms with Crippen LogP contribution in [0.1, 0.15) is 52.5 Å². The summed E-state index contributed by atoms with van der Waals surface area (Å²) < 4.78 is 28.7. The molecule has 0 unspecified atom stereocenters. The summed E-state index contributed by atoms with van der Waals surface area (Å²) in [6.07, 6.45) is 2.21. The molecule has 2 aliphatic heterocycles. The lowest BCUT2D eigenvalue weighted by molar-refractivity contribution is -0.177. The maximum absolute atomic E-state index is 13.9. The van der Waals surface area contributed by atoms with Gasteiger partial charge < -0.3 is 39.0 Å². The molecule has 1 aromatic carbocycles. The second kappa shape index (κ2) is 15.6. The molecular formula is C33H48ClN3O9. The van der Waals surface area contributed by atoms with Crippen LogP contribution in [0.2, 0.25) is 5.02 Å². The maximum Gasteiger partial charge on any atom is 0.409 e. The molecule has 0 radical (unpaired) electrons. The summed E-state index contributed by atoms with van der Waals surface area (Å²) in [5.41, 5.74) is -0.791. The van der Waals surface area contributed by atoms with Crippen molar-refractivity contribution in [1.29, 1.82) is 0 Å². The largest absolute Gasteiger partial charge is 0.495 e. The first-order valence-electron chi connectivity index (χ1n) is 15.2. The molecule has 7 atom stereocenters. The molecule has 0 aromatic heterocycles. The van der Waals surface area contributed by atoms with E-state index in [9.17, 15) is 19.5 Å². The third-order valence-corrected chi connectivity index (χ3v) is 9.29. The van der Waals surface area contributed by atoms with Gasteiger partial charge in [-0.15, -0.1) is 0 Å². The Morgan fingerprint density at radius 2 is 1.93 bits per heavy atom. The van der Waals surface area contributed by atoms with Crippen LogP contribution in [0.3, 0.4) is 0 Å². The Balaban J connectivity index is 2.18. The van der Waals surface area contributed by atoms with Crippen molar-refractivity contribution in [2.45, 2.75) is 89.1 Å². The average Bonchev–Trinajstić information content (AvgIpc) is 3.01. The number of hydrogen-bond acceptors (Lipinski definition) is 10. The van der Waals surface area contributed by atoms with Gasteiger partial charge in [0.2, 0.25) is 5.91 Å². The molecule has 1 aromatic rings. The number of carbonyl (C=O) groups is 3. The number of rotatable bonds is 6. The van der Waals surface area contributed by atoms with Gasteiger partial charge >= 0.3 is 12.1 Å². The molecule has 4 bridgehead atoms. The Labute approximate surface area is 276 Å². The smallest absolute Gasteiger partial charge is 0.409 e. The summed E-state index contributed by atoms with van der Waals surface area (Å²) in [5, 5.41) is 17.3. The van der Waals surface area contributed by atoms with E-state index in [1.165, 1.54) is 26.2 Å². The Morgan fingerprint density at radius 3 is 2.54 bits per heavy atom. The number of aliphatic hydroxyl groups is 1. The third-order valence-electron chi connectivity index (χ3n) is 8.91. The van der Waals surface area contributed by atoms with Gasteiger partial charge in [0, 0.05) is 27.7 Å². The number of benzene rings is 1. The van der Waals surface area contributed by atoms with Gasteiger partial charge in [-0.1, -0.05) is 42.3 Å². The molecule has 256 valence electrons. The van der Waals surface area contributed by atoms with Gasteiger partial charge in [0.1, 0.15) is 40.7 Å². The lowest BCUT2D eigenvalue weighted by Crippen LogP contribution is -2.63. The van der Waals surface area contributed by atoms with Crippen LogP contribution in [0.15, 0.2) is 35.9 Å². The molecule has 46 heavy (non-hydrogen) atoms. The quantitative estimate of drug-likeness (QED) is 0.383. The van der Waals surface area contributed by atoms with E-state index >= 15 is 0 Å². The predicted octanol–water partition coefficient (Wildman–Crippen LogP) is 3.91. The van der Waals surface area contributed by atoms with Gasteiger partial charge in [-0.3, -0.25) is 14.9 Å². The number of nitrogens with one attached hydrogen (secondary N) is 2. The molecule has 0 aliphatic carbocycles. The molecule has 2 heterocycles. The van der Waals surface area contributed by atoms with Gasteiger partial charge in [-0.05, 0) is 64.3 Å². The number of ether oxygens (including phenoxy) is 5. The maximum atomic E-state index is 13.9. The summed E-state index contributed by atoms with van der Waals surface area (Å²) in [6.45, 7) is 7.16. The van der Waals surface area contributed by atoms with E-state index in [0.717, 1.165) is 11.1 Å². The fraction of sp³-hybridized carbons (Fsp3) is 0.606. The molecular weight excluding hydrogens is 618 g/mol. The van der Waals surface area contributed by atoms with Crippen LogP contribution in [0.25, 0.3) is 0 Å². The molecule has 0 saturated carbocycles. The number of nitrogens with zero attached hydrogens (tertiary/aromatic N) is 1. The van der Waals surface area contributed by atoms with Crippen LogP contribution in [-0.2, 0) is 35.0 Å². The second-order valence-electron chi connectivity index (χ2n) is 12.4. The lowest BCUT2D eigenvalue weighted by Gasteiger charge is -2.44. The summed E-state index contributed by atoms with van der Waals surface area (Å²) in [6, 6.07) is 2.96. The Kier molecular flexibility index (Phi) is 12.7. The number of anilines is 1. The highest BCUT2D eigenvalue weighted by molar-refractivity contribution is 6.35. The third kappa shape index (κ3) is 8.60. The molecule has 3 rings (SSSR count). The summed E-state index contributed by atoms with van der Waals surface area (Å²) >= 11 is 6.71. The Morgan fingerprint density at radius 1 is 1.24 bits per heavy atom. The highest BCUT2D eigenvalue weighted by Gasteiger charge is 2.49. The van der Waals surface area contributed by atoms with Crippen molar-refractivity contribution < 1.29 is 43.2 Å². The standard InChI is InChI=1S/C33H48ClN3O9/c1-19-11-10-12-26(43-8)33(41)18-25(45-31(40)36-33)20(2)17-32(4,44-9)27(46-30(39)21(3)35-5)16-28(38)37(6)23-14-22(13-19)15-24(42-7)29(23)34/h10-12,14-15,20-21,25-27,35,41H,13,16-18H2,1-9H3,(H,36,40)/b12-10+,19-11+/t20-,21-,25-,26+,27-,32+,33-/m0/s1. The van der Waals surface area contributed by atoms with Crippen LogP contribution in [0.4, 0.5) is 10.5 Å². The SMILES string of the molecule is CN[C@@H](C)C(=O)O[C@H]1CC(=O)N(C)c2cc(cc(OC)c2Cl)C/C(C)=C/C=C/[C@@H](OC)[C@@]2(O)C[C@H](OC(=O)N2)[C@@H](C)C[C@@]1(C)OC. The van der Waals surface area contributed by atoms with Gasteiger partial charge in [0.15, 0.2) is 5.72 Å². The zero-order valence-electron chi connectivity index (χ0n) is 28.1. The fourth-order valence-electron chi connectivity index (χ4n) is 5.80. The van der Waals surface area contributed by atoms with Crippen molar-refractivity contribution >= 4 is 35.3 Å². The van der Waals surface area contributed by atoms with Gasteiger partial charge in [-0.25, -0.2) is 4.79 Å². The number of carbonyl (C=O) groups excluding carboxylic acids is 3. The molecule has 12 nitrogen and oxygen atoms in total. The van der Waals surface area contributed by atoms with E-state index < -0.39 is 53.7 Å². The van der Waals surface area contributed by atoms with Gasteiger partial charge in [-0.2, -0.15) is 0 Å². The minimum atomic E-state index is -1.78. The van der Waals surface area contributed by atoms with E-state index in [1.807, 2.05) is 26.0 Å². The van der Waals surface area contributed by atoms with Crippen LogP contribution in [0.5, 0.6) is 5.75 Å². The normalized spacial score (nSPS) is 32.0. The number of allylic oxidation sites excluding steroid dienone is 3. The number of alkyl carbamates (subject to hydrolysis) is 1. The summed E-state index contributed by atoms with van der Waals surface area (Å²) in [7, 11) is 7.64. The molecule has 13 heteroatoms. The van der Waals surface area contributed by atoms with Crippen LogP contribution in [0, 0.1) is 5.92 Å². The van der Waals surface area contributed by atoms with Crippen molar-refractivity contribution in [1.82, 2.24) is 10.6 Å². The lowest BCUT2D eigenvalue weighted by atomic mass is 9.81. The number of methoxy groups -OCH3 is 3. The number of amides is 2. The molecule has 2 aliphatic rings. The first kappa shape index (κ1) is 37.3. The number of halogens is 1. The monoisotopic (exact) mass is 665 g/mol. The first-order valence-corrected chi connectivity index (χ1v) is 15.6. The number of fused-ring (bicyclic) bond motifs is 4. The van der Waals surface area contributed by atoms with Gasteiger partial charge in [0.25, 0.3) is 0 Å². The van der Waals surface area contributed by atoms with Crippen molar-refractivity contribution in [3.8, 4) is 5.75 Å². The van der Waals surface area contributed by atoms with E-state index in [4.69, 9.17) is 35.3 Å². The number of hydrogen-bond donors (Lipinski definition) is 3. The molecule has 3 N–H and O–H groups in total. The Bertz CT molecular complexity index is 1340. The predicted molar refractivity (Wildman–Crippen MR) is 174 cm³/mol. The number of likely N-dealkylation sites (N-methyl/N-ethyl adjacent to an activating group) is 1.